The van der Waals surface area contributed by atoms with Crippen molar-refractivity contribution in [3.8, 4) is 11.5 Å². The van der Waals surface area contributed by atoms with Gasteiger partial charge in [-0.1, -0.05) is 6.07 Å². The van der Waals surface area contributed by atoms with Gasteiger partial charge in [0.2, 0.25) is 6.79 Å². The highest BCUT2D eigenvalue weighted by atomic mass is 35.5. The van der Waals surface area contributed by atoms with Crippen molar-refractivity contribution < 1.29 is 14.2 Å². The Morgan fingerprint density at radius 2 is 2.16 bits per heavy atom. The van der Waals surface area contributed by atoms with Crippen molar-refractivity contribution in [1.29, 1.82) is 0 Å². The van der Waals surface area contributed by atoms with Crippen molar-refractivity contribution in [3.63, 3.8) is 0 Å². The summed E-state index contributed by atoms with van der Waals surface area (Å²) in [4.78, 5) is 4.33. The van der Waals surface area contributed by atoms with Crippen LogP contribution in [0.1, 0.15) is 16.3 Å². The lowest BCUT2D eigenvalue weighted by Crippen LogP contribution is -1.94. The molecule has 4 nitrogen and oxygen atoms in total. The van der Waals surface area contributed by atoms with Crippen LogP contribution >= 0.6 is 22.9 Å². The lowest BCUT2D eigenvalue weighted by molar-refractivity contribution is 0.106. The first-order valence-electron chi connectivity index (χ1n) is 5.80. The largest absolute Gasteiger partial charge is 0.454 e. The van der Waals surface area contributed by atoms with Crippen LogP contribution in [0.2, 0.25) is 0 Å². The molecule has 1 aromatic heterocycles. The molecule has 0 saturated carbocycles. The number of hydrogen-bond donors (Lipinski definition) is 0. The molecule has 1 aliphatic rings. The van der Waals surface area contributed by atoms with E-state index in [1.54, 1.807) is 11.3 Å². The van der Waals surface area contributed by atoms with Crippen LogP contribution in [0.25, 0.3) is 0 Å². The maximum Gasteiger partial charge on any atom is 0.231 e. The zero-order chi connectivity index (χ0) is 13.1. The monoisotopic (exact) mass is 297 g/mol. The second-order valence-corrected chi connectivity index (χ2v) is 5.26. The van der Waals surface area contributed by atoms with Crippen LogP contribution in [-0.2, 0) is 23.8 Å². The van der Waals surface area contributed by atoms with E-state index in [0.717, 1.165) is 27.8 Å². The van der Waals surface area contributed by atoms with E-state index in [4.69, 9.17) is 25.8 Å². The smallest absolute Gasteiger partial charge is 0.231 e. The molecule has 0 spiro atoms. The molecule has 0 saturated heterocycles. The molecule has 0 fully saturated rings. The minimum atomic E-state index is 0.292. The normalized spacial score (nSPS) is 12.9. The number of thiazole rings is 1. The number of benzene rings is 1. The van der Waals surface area contributed by atoms with Crippen LogP contribution < -0.4 is 9.47 Å². The molecule has 0 unspecified atom stereocenters. The van der Waals surface area contributed by atoms with Crippen LogP contribution in [0.4, 0.5) is 0 Å². The average Bonchev–Trinajstić information content (AvgIpc) is 3.06. The third kappa shape index (κ3) is 3.00. The number of ether oxygens (including phenoxy) is 3. The van der Waals surface area contributed by atoms with Crippen molar-refractivity contribution in [2.75, 3.05) is 6.79 Å². The molecule has 0 amide bonds. The number of rotatable bonds is 5. The number of hydrogen-bond acceptors (Lipinski definition) is 5. The van der Waals surface area contributed by atoms with Gasteiger partial charge in [0.05, 0.1) is 24.8 Å². The fraction of sp³-hybridized carbons (Fsp3) is 0.308. The molecule has 6 heteroatoms. The van der Waals surface area contributed by atoms with Gasteiger partial charge in [0.1, 0.15) is 5.01 Å². The molecule has 100 valence electrons. The van der Waals surface area contributed by atoms with Gasteiger partial charge in [-0.25, -0.2) is 4.98 Å². The Bertz CT molecular complexity index is 573. The second-order valence-electron chi connectivity index (χ2n) is 4.05. The molecule has 0 atom stereocenters. The zero-order valence-electron chi connectivity index (χ0n) is 10.1. The highest BCUT2D eigenvalue weighted by Crippen LogP contribution is 2.32. The van der Waals surface area contributed by atoms with Gasteiger partial charge < -0.3 is 14.2 Å². The van der Waals surface area contributed by atoms with Crippen LogP contribution in [0.15, 0.2) is 23.6 Å². The summed E-state index contributed by atoms with van der Waals surface area (Å²) < 4.78 is 16.2. The summed E-state index contributed by atoms with van der Waals surface area (Å²) >= 11 is 7.27. The Morgan fingerprint density at radius 3 is 3.00 bits per heavy atom. The first-order valence-corrected chi connectivity index (χ1v) is 7.22. The van der Waals surface area contributed by atoms with E-state index in [1.165, 1.54) is 0 Å². The standard InChI is InChI=1S/C13H12ClNO3S/c14-4-10-7-19-13(15-10)6-16-5-9-1-2-11-12(3-9)18-8-17-11/h1-3,7H,4-6,8H2. The van der Waals surface area contributed by atoms with Crippen molar-refractivity contribution in [1.82, 2.24) is 4.98 Å². The predicted octanol–water partition coefficient (Wildman–Crippen LogP) is 3.33. The van der Waals surface area contributed by atoms with Gasteiger partial charge in [-0.2, -0.15) is 0 Å². The molecule has 2 aromatic rings. The van der Waals surface area contributed by atoms with Gasteiger partial charge in [-0.15, -0.1) is 22.9 Å². The lowest BCUT2D eigenvalue weighted by atomic mass is 10.2. The molecular weight excluding hydrogens is 286 g/mol. The predicted molar refractivity (Wildman–Crippen MR) is 72.7 cm³/mol. The van der Waals surface area contributed by atoms with Gasteiger partial charge in [0.15, 0.2) is 11.5 Å². The summed E-state index contributed by atoms with van der Waals surface area (Å²) in [5.41, 5.74) is 1.95. The quantitative estimate of drug-likeness (QED) is 0.794. The van der Waals surface area contributed by atoms with Crippen molar-refractivity contribution in [2.45, 2.75) is 19.1 Å². The fourth-order valence-corrected chi connectivity index (χ4v) is 2.72. The third-order valence-corrected chi connectivity index (χ3v) is 3.81. The van der Waals surface area contributed by atoms with E-state index in [9.17, 15) is 0 Å². The maximum absolute atomic E-state index is 5.70. The van der Waals surface area contributed by atoms with Gasteiger partial charge >= 0.3 is 0 Å². The lowest BCUT2D eigenvalue weighted by Gasteiger charge is -2.03. The molecule has 0 bridgehead atoms. The fourth-order valence-electron chi connectivity index (χ4n) is 1.76. The molecule has 0 radical (unpaired) electrons. The molecule has 1 aromatic carbocycles. The summed E-state index contributed by atoms with van der Waals surface area (Å²) in [6, 6.07) is 5.81. The summed E-state index contributed by atoms with van der Waals surface area (Å²) in [5, 5.41) is 2.89. The molecule has 3 rings (SSSR count). The maximum atomic E-state index is 5.70. The molecule has 0 N–H and O–H groups in total. The van der Waals surface area contributed by atoms with Gasteiger partial charge in [0.25, 0.3) is 0 Å². The first kappa shape index (κ1) is 12.7. The topological polar surface area (TPSA) is 40.6 Å². The van der Waals surface area contributed by atoms with Gasteiger partial charge in [-0.05, 0) is 17.7 Å². The summed E-state index contributed by atoms with van der Waals surface area (Å²) in [6.07, 6.45) is 0. The summed E-state index contributed by atoms with van der Waals surface area (Å²) in [7, 11) is 0. The SMILES string of the molecule is ClCc1csc(COCc2ccc3c(c2)OCO3)n1. The summed E-state index contributed by atoms with van der Waals surface area (Å²) in [5.74, 6) is 2.01. The molecule has 19 heavy (non-hydrogen) atoms. The van der Waals surface area contributed by atoms with E-state index in [-0.39, 0.29) is 0 Å². The van der Waals surface area contributed by atoms with Crippen LogP contribution in [0.5, 0.6) is 11.5 Å². The second kappa shape index (κ2) is 5.77. The number of alkyl halides is 1. The van der Waals surface area contributed by atoms with E-state index >= 15 is 0 Å². The van der Waals surface area contributed by atoms with Crippen LogP contribution in [0, 0.1) is 0 Å². The number of nitrogens with zero attached hydrogens (tertiary/aromatic N) is 1. The Morgan fingerprint density at radius 1 is 1.26 bits per heavy atom. The Balaban J connectivity index is 1.54. The Hall–Kier alpha value is -1.30. The Kier molecular flexibility index (Phi) is 3.87. The minimum Gasteiger partial charge on any atom is -0.454 e. The zero-order valence-corrected chi connectivity index (χ0v) is 11.7. The molecule has 2 heterocycles. The first-order chi connectivity index (χ1) is 9.35. The van der Waals surface area contributed by atoms with E-state index in [1.807, 2.05) is 23.6 Å². The van der Waals surface area contributed by atoms with Crippen molar-refractivity contribution in [3.05, 3.63) is 39.8 Å². The number of aromatic nitrogens is 1. The summed E-state index contributed by atoms with van der Waals surface area (Å²) in [6.45, 7) is 1.31. The minimum absolute atomic E-state index is 0.292. The van der Waals surface area contributed by atoms with E-state index in [2.05, 4.69) is 4.98 Å². The molecule has 0 aliphatic carbocycles. The van der Waals surface area contributed by atoms with E-state index in [0.29, 0.717) is 25.9 Å². The number of halogens is 1. The number of fused-ring (bicyclic) bond motifs is 1. The average molecular weight is 298 g/mol. The van der Waals surface area contributed by atoms with Crippen LogP contribution in [-0.4, -0.2) is 11.8 Å². The van der Waals surface area contributed by atoms with Crippen LogP contribution in [0.3, 0.4) is 0 Å². The van der Waals surface area contributed by atoms with E-state index < -0.39 is 0 Å². The van der Waals surface area contributed by atoms with Gasteiger partial charge in [0, 0.05) is 5.38 Å². The highest BCUT2D eigenvalue weighted by Gasteiger charge is 2.13. The Labute approximate surface area is 119 Å². The van der Waals surface area contributed by atoms with Crippen molar-refractivity contribution in [2.24, 2.45) is 0 Å². The molecular formula is C13H12ClNO3S. The molecule has 1 aliphatic heterocycles. The highest BCUT2D eigenvalue weighted by molar-refractivity contribution is 7.09. The van der Waals surface area contributed by atoms with Crippen molar-refractivity contribution >= 4 is 22.9 Å². The third-order valence-electron chi connectivity index (χ3n) is 2.67. The van der Waals surface area contributed by atoms with Gasteiger partial charge in [-0.3, -0.25) is 0 Å².